The molecule has 0 aromatic heterocycles. The van der Waals surface area contributed by atoms with Gasteiger partial charge in [0.25, 0.3) is 0 Å². The smallest absolute Gasteiger partial charge is 0.410 e. The molecule has 1 aliphatic heterocycles. The van der Waals surface area contributed by atoms with Gasteiger partial charge in [-0.2, -0.15) is 0 Å². The molecule has 4 nitrogen and oxygen atoms in total. The Morgan fingerprint density at radius 3 is 2.67 bits per heavy atom. The molecule has 1 amide bonds. The van der Waals surface area contributed by atoms with Crippen LogP contribution in [0.25, 0.3) is 0 Å². The highest BCUT2D eigenvalue weighted by Gasteiger charge is 2.29. The molecule has 1 rings (SSSR count). The molecule has 1 unspecified atom stereocenters. The average Bonchev–Trinajstić information content (AvgIpc) is 2.70. The monoisotopic (exact) mass is 256 g/mol. The van der Waals surface area contributed by atoms with Gasteiger partial charge in [0.1, 0.15) is 6.10 Å². The van der Waals surface area contributed by atoms with Crippen LogP contribution < -0.4 is 5.32 Å². The molecule has 0 spiro atoms. The molecule has 1 N–H and O–H groups in total. The molecule has 1 atom stereocenters. The summed E-state index contributed by atoms with van der Waals surface area (Å²) in [6.45, 7) is 7.79. The first-order valence-electron chi connectivity index (χ1n) is 7.44. The summed E-state index contributed by atoms with van der Waals surface area (Å²) in [4.78, 5) is 13.4. The van der Waals surface area contributed by atoms with E-state index in [0.29, 0.717) is 0 Å². The summed E-state index contributed by atoms with van der Waals surface area (Å²) >= 11 is 0. The maximum atomic E-state index is 11.6. The van der Waals surface area contributed by atoms with Gasteiger partial charge in [-0.1, -0.05) is 39.5 Å². The molecule has 0 bridgehead atoms. The molecule has 106 valence electrons. The molecule has 1 fully saturated rings. The number of carbonyl (C=O) groups is 1. The summed E-state index contributed by atoms with van der Waals surface area (Å²) in [7, 11) is 0. The Kier molecular flexibility index (Phi) is 7.81. The molecule has 0 aliphatic carbocycles. The second-order valence-corrected chi connectivity index (χ2v) is 5.07. The molecule has 1 heterocycles. The van der Waals surface area contributed by atoms with Gasteiger partial charge in [0.2, 0.25) is 0 Å². The fraction of sp³-hybridized carbons (Fsp3) is 0.929. The number of ether oxygens (including phenoxy) is 1. The Hall–Kier alpha value is -0.770. The lowest BCUT2D eigenvalue weighted by Crippen LogP contribution is -2.31. The van der Waals surface area contributed by atoms with Gasteiger partial charge in [-0.25, -0.2) is 4.79 Å². The Morgan fingerprint density at radius 1 is 1.22 bits per heavy atom. The zero-order chi connectivity index (χ0) is 13.2. The first-order valence-corrected chi connectivity index (χ1v) is 7.44. The number of nitrogens with one attached hydrogen (secondary N) is 1. The molecule has 4 heteroatoms. The summed E-state index contributed by atoms with van der Waals surface area (Å²) in [6, 6.07) is 0. The number of unbranched alkanes of at least 4 members (excludes halogenated alkanes) is 4. The lowest BCUT2D eigenvalue weighted by Gasteiger charge is -2.12. The van der Waals surface area contributed by atoms with Gasteiger partial charge in [-0.15, -0.1) is 0 Å². The Morgan fingerprint density at radius 2 is 1.94 bits per heavy atom. The van der Waals surface area contributed by atoms with Gasteiger partial charge in [-0.05, 0) is 19.4 Å². The van der Waals surface area contributed by atoms with Crippen LogP contribution in [0.2, 0.25) is 0 Å². The standard InChI is InChI=1S/C14H28N2O2/c1-3-5-7-9-15-11-13-12-16(14(17)18-13)10-8-6-4-2/h13,15H,3-12H2,1-2H3. The SMILES string of the molecule is CCCCCNCC1CN(CCCCC)C(=O)O1. The third-order valence-corrected chi connectivity index (χ3v) is 3.31. The maximum absolute atomic E-state index is 11.6. The van der Waals surface area contributed by atoms with Crippen molar-refractivity contribution < 1.29 is 9.53 Å². The van der Waals surface area contributed by atoms with Crippen LogP contribution in [-0.2, 0) is 4.74 Å². The lowest BCUT2D eigenvalue weighted by atomic mass is 10.2. The Balaban J connectivity index is 2.08. The van der Waals surface area contributed by atoms with Crippen LogP contribution in [-0.4, -0.2) is 43.3 Å². The minimum absolute atomic E-state index is 0.0424. The first-order chi connectivity index (χ1) is 8.77. The largest absolute Gasteiger partial charge is 0.443 e. The zero-order valence-corrected chi connectivity index (χ0v) is 11.9. The van der Waals surface area contributed by atoms with Crippen molar-refractivity contribution in [2.75, 3.05) is 26.2 Å². The summed E-state index contributed by atoms with van der Waals surface area (Å²) in [5.41, 5.74) is 0. The average molecular weight is 256 g/mol. The lowest BCUT2D eigenvalue weighted by molar-refractivity contribution is 0.131. The van der Waals surface area contributed by atoms with Gasteiger partial charge in [0.15, 0.2) is 0 Å². The topological polar surface area (TPSA) is 41.6 Å². The van der Waals surface area contributed by atoms with Crippen molar-refractivity contribution >= 4 is 6.09 Å². The fourth-order valence-corrected chi connectivity index (χ4v) is 2.18. The van der Waals surface area contributed by atoms with Gasteiger partial charge in [0, 0.05) is 13.1 Å². The molecular weight excluding hydrogens is 228 g/mol. The number of hydrogen-bond acceptors (Lipinski definition) is 3. The number of nitrogens with zero attached hydrogens (tertiary/aromatic N) is 1. The summed E-state index contributed by atoms with van der Waals surface area (Å²) in [5, 5.41) is 3.37. The molecule has 0 aromatic carbocycles. The van der Waals surface area contributed by atoms with Crippen molar-refractivity contribution in [2.45, 2.75) is 58.5 Å². The van der Waals surface area contributed by atoms with E-state index in [1.165, 1.54) is 32.1 Å². The quantitative estimate of drug-likeness (QED) is 0.611. The normalized spacial score (nSPS) is 19.3. The van der Waals surface area contributed by atoms with Crippen LogP contribution in [0.4, 0.5) is 4.79 Å². The Labute approximate surface area is 111 Å². The van der Waals surface area contributed by atoms with Crippen LogP contribution in [0.3, 0.4) is 0 Å². The summed E-state index contributed by atoms with van der Waals surface area (Å²) in [6.07, 6.45) is 7.08. The predicted molar refractivity (Wildman–Crippen MR) is 73.8 cm³/mol. The van der Waals surface area contributed by atoms with Crippen LogP contribution in [0.15, 0.2) is 0 Å². The maximum Gasteiger partial charge on any atom is 0.410 e. The van der Waals surface area contributed by atoms with Gasteiger partial charge in [-0.3, -0.25) is 0 Å². The predicted octanol–water partition coefficient (Wildman–Crippen LogP) is 2.78. The fourth-order valence-electron chi connectivity index (χ4n) is 2.18. The number of rotatable bonds is 10. The van der Waals surface area contributed by atoms with E-state index in [9.17, 15) is 4.79 Å². The van der Waals surface area contributed by atoms with Crippen molar-refractivity contribution in [2.24, 2.45) is 0 Å². The first kappa shape index (κ1) is 15.3. The van der Waals surface area contributed by atoms with Crippen molar-refractivity contribution in [1.82, 2.24) is 10.2 Å². The van der Waals surface area contributed by atoms with Crippen molar-refractivity contribution in [3.05, 3.63) is 0 Å². The second kappa shape index (κ2) is 9.20. The molecule has 1 saturated heterocycles. The van der Waals surface area contributed by atoms with E-state index in [-0.39, 0.29) is 12.2 Å². The van der Waals surface area contributed by atoms with Crippen LogP contribution in [0.1, 0.15) is 52.4 Å². The summed E-state index contributed by atoms with van der Waals surface area (Å²) < 4.78 is 5.34. The van der Waals surface area contributed by atoms with E-state index in [2.05, 4.69) is 19.2 Å². The van der Waals surface area contributed by atoms with Crippen LogP contribution in [0.5, 0.6) is 0 Å². The van der Waals surface area contributed by atoms with E-state index in [1.807, 2.05) is 4.90 Å². The Bertz CT molecular complexity index is 234. The minimum Gasteiger partial charge on any atom is -0.443 e. The number of cyclic esters (lactones) is 1. The van der Waals surface area contributed by atoms with E-state index >= 15 is 0 Å². The molecular formula is C14H28N2O2. The number of hydrogen-bond donors (Lipinski definition) is 1. The number of amides is 1. The molecule has 0 aromatic rings. The minimum atomic E-state index is -0.133. The molecule has 0 saturated carbocycles. The molecule has 1 aliphatic rings. The highest BCUT2D eigenvalue weighted by Crippen LogP contribution is 2.12. The van der Waals surface area contributed by atoms with Crippen molar-refractivity contribution in [3.63, 3.8) is 0 Å². The highest BCUT2D eigenvalue weighted by molar-refractivity contribution is 5.69. The van der Waals surface area contributed by atoms with Gasteiger partial charge in [0.05, 0.1) is 6.54 Å². The van der Waals surface area contributed by atoms with Crippen LogP contribution >= 0.6 is 0 Å². The van der Waals surface area contributed by atoms with Crippen LogP contribution in [0, 0.1) is 0 Å². The summed E-state index contributed by atoms with van der Waals surface area (Å²) in [5.74, 6) is 0. The van der Waals surface area contributed by atoms with Crippen molar-refractivity contribution in [1.29, 1.82) is 0 Å². The van der Waals surface area contributed by atoms with Gasteiger partial charge < -0.3 is 15.0 Å². The van der Waals surface area contributed by atoms with Gasteiger partial charge >= 0.3 is 6.09 Å². The highest BCUT2D eigenvalue weighted by atomic mass is 16.6. The van der Waals surface area contributed by atoms with E-state index < -0.39 is 0 Å². The third kappa shape index (κ3) is 5.71. The number of carbonyl (C=O) groups excluding carboxylic acids is 1. The van der Waals surface area contributed by atoms with E-state index in [1.54, 1.807) is 0 Å². The van der Waals surface area contributed by atoms with Crippen molar-refractivity contribution in [3.8, 4) is 0 Å². The molecule has 0 radical (unpaired) electrons. The second-order valence-electron chi connectivity index (χ2n) is 5.07. The molecule has 18 heavy (non-hydrogen) atoms. The van der Waals surface area contributed by atoms with E-state index in [0.717, 1.165) is 32.6 Å². The third-order valence-electron chi connectivity index (χ3n) is 3.31. The van der Waals surface area contributed by atoms with E-state index in [4.69, 9.17) is 4.74 Å². The zero-order valence-electron chi connectivity index (χ0n) is 11.9.